The predicted molar refractivity (Wildman–Crippen MR) is 90.7 cm³/mol. The van der Waals surface area contributed by atoms with Gasteiger partial charge in [0.2, 0.25) is 5.91 Å². The van der Waals surface area contributed by atoms with Gasteiger partial charge in [0.25, 0.3) is 0 Å². The Kier molecular flexibility index (Phi) is 4.91. The topological polar surface area (TPSA) is 23.6 Å². The van der Waals surface area contributed by atoms with Gasteiger partial charge < -0.3 is 4.90 Å². The summed E-state index contributed by atoms with van der Waals surface area (Å²) in [5.74, 6) is 1.59. The van der Waals surface area contributed by atoms with Crippen molar-refractivity contribution in [2.75, 3.05) is 26.2 Å². The summed E-state index contributed by atoms with van der Waals surface area (Å²) in [7, 11) is 0. The van der Waals surface area contributed by atoms with Gasteiger partial charge in [-0.25, -0.2) is 0 Å². The van der Waals surface area contributed by atoms with Crippen LogP contribution in [0.1, 0.15) is 58.3 Å². The number of hydrogen-bond acceptors (Lipinski definition) is 2. The molecule has 0 atom stereocenters. The van der Waals surface area contributed by atoms with E-state index in [1.807, 2.05) is 6.08 Å². The van der Waals surface area contributed by atoms with Gasteiger partial charge >= 0.3 is 0 Å². The van der Waals surface area contributed by atoms with Gasteiger partial charge in [-0.15, -0.1) is 6.58 Å². The van der Waals surface area contributed by atoms with Gasteiger partial charge in [-0.2, -0.15) is 0 Å². The molecule has 2 saturated heterocycles. The van der Waals surface area contributed by atoms with Crippen molar-refractivity contribution in [3.05, 3.63) is 12.7 Å². The van der Waals surface area contributed by atoms with Crippen molar-refractivity contribution in [2.45, 2.75) is 63.8 Å². The SMILES string of the molecule is C=CCN1CCCC12CCN(C(=O)C1CCC(C)CC1)CC2. The molecule has 1 saturated carbocycles. The Balaban J connectivity index is 1.55. The van der Waals surface area contributed by atoms with E-state index >= 15 is 0 Å². The molecule has 0 radical (unpaired) electrons. The molecule has 3 heteroatoms. The summed E-state index contributed by atoms with van der Waals surface area (Å²) in [6.07, 6.45) is 11.7. The lowest BCUT2D eigenvalue weighted by atomic mass is 9.81. The largest absolute Gasteiger partial charge is 0.342 e. The molecule has 22 heavy (non-hydrogen) atoms. The second-order valence-electron chi connectivity index (χ2n) is 7.84. The minimum Gasteiger partial charge on any atom is -0.342 e. The first-order chi connectivity index (χ1) is 10.6. The van der Waals surface area contributed by atoms with Crippen molar-refractivity contribution in [3.63, 3.8) is 0 Å². The summed E-state index contributed by atoms with van der Waals surface area (Å²) in [6, 6.07) is 0. The summed E-state index contributed by atoms with van der Waals surface area (Å²) >= 11 is 0. The normalized spacial score (nSPS) is 32.3. The van der Waals surface area contributed by atoms with E-state index in [2.05, 4.69) is 23.3 Å². The average Bonchev–Trinajstić information content (AvgIpc) is 2.91. The smallest absolute Gasteiger partial charge is 0.225 e. The molecular weight excluding hydrogens is 272 g/mol. The van der Waals surface area contributed by atoms with Gasteiger partial charge in [0.1, 0.15) is 0 Å². The molecule has 0 unspecified atom stereocenters. The van der Waals surface area contributed by atoms with Crippen molar-refractivity contribution in [3.8, 4) is 0 Å². The van der Waals surface area contributed by atoms with Crippen LogP contribution in [-0.2, 0) is 4.79 Å². The fraction of sp³-hybridized carbons (Fsp3) is 0.842. The van der Waals surface area contributed by atoms with Gasteiger partial charge in [0.05, 0.1) is 0 Å². The standard InChI is InChI=1S/C19H32N2O/c1-3-12-21-13-4-9-19(21)10-14-20(15-11-19)18(22)17-7-5-16(2)6-8-17/h3,16-17H,1,4-15H2,2H3. The molecule has 3 fully saturated rings. The third-order valence-electron chi connectivity index (χ3n) is 6.46. The Morgan fingerprint density at radius 2 is 1.82 bits per heavy atom. The van der Waals surface area contributed by atoms with Gasteiger partial charge in [-0.05, 0) is 63.8 Å². The van der Waals surface area contributed by atoms with Crippen LogP contribution in [0.5, 0.6) is 0 Å². The van der Waals surface area contributed by atoms with E-state index < -0.39 is 0 Å². The fourth-order valence-electron chi connectivity index (χ4n) is 4.91. The molecule has 3 nitrogen and oxygen atoms in total. The Hall–Kier alpha value is -0.830. The van der Waals surface area contributed by atoms with E-state index in [1.54, 1.807) is 0 Å². The summed E-state index contributed by atoms with van der Waals surface area (Å²) in [6.45, 7) is 10.4. The Morgan fingerprint density at radius 1 is 1.14 bits per heavy atom. The van der Waals surface area contributed by atoms with Crippen molar-refractivity contribution in [2.24, 2.45) is 11.8 Å². The molecule has 2 heterocycles. The van der Waals surface area contributed by atoms with Gasteiger partial charge in [0.15, 0.2) is 0 Å². The maximum atomic E-state index is 12.8. The highest BCUT2D eigenvalue weighted by Gasteiger charge is 2.43. The Morgan fingerprint density at radius 3 is 2.45 bits per heavy atom. The monoisotopic (exact) mass is 304 g/mol. The first-order valence-electron chi connectivity index (χ1n) is 9.29. The molecule has 2 aliphatic heterocycles. The molecular formula is C19H32N2O. The molecule has 3 aliphatic rings. The van der Waals surface area contributed by atoms with E-state index in [9.17, 15) is 4.79 Å². The van der Waals surface area contributed by atoms with Crippen molar-refractivity contribution in [1.29, 1.82) is 0 Å². The minimum absolute atomic E-state index is 0.318. The number of rotatable bonds is 3. The van der Waals surface area contributed by atoms with Crippen LogP contribution < -0.4 is 0 Å². The number of amides is 1. The highest BCUT2D eigenvalue weighted by atomic mass is 16.2. The molecule has 124 valence electrons. The number of carbonyl (C=O) groups is 1. The molecule has 0 N–H and O–H groups in total. The second kappa shape index (κ2) is 6.74. The summed E-state index contributed by atoms with van der Waals surface area (Å²) in [5, 5.41) is 0. The lowest BCUT2D eigenvalue weighted by Crippen LogP contribution is -2.54. The van der Waals surface area contributed by atoms with Crippen LogP contribution in [0.3, 0.4) is 0 Å². The second-order valence-corrected chi connectivity index (χ2v) is 7.84. The quantitative estimate of drug-likeness (QED) is 0.746. The third kappa shape index (κ3) is 3.10. The Bertz CT molecular complexity index is 404. The van der Waals surface area contributed by atoms with Crippen LogP contribution in [0.15, 0.2) is 12.7 Å². The van der Waals surface area contributed by atoms with Crippen LogP contribution in [0.4, 0.5) is 0 Å². The molecule has 1 spiro atoms. The van der Waals surface area contributed by atoms with Crippen LogP contribution in [-0.4, -0.2) is 47.4 Å². The highest BCUT2D eigenvalue weighted by Crippen LogP contribution is 2.39. The zero-order valence-corrected chi connectivity index (χ0v) is 14.2. The number of likely N-dealkylation sites (tertiary alicyclic amines) is 2. The highest BCUT2D eigenvalue weighted by molar-refractivity contribution is 5.79. The summed E-state index contributed by atoms with van der Waals surface area (Å²) in [5.41, 5.74) is 0.367. The number of carbonyl (C=O) groups excluding carboxylic acids is 1. The molecule has 1 aliphatic carbocycles. The van der Waals surface area contributed by atoms with E-state index in [-0.39, 0.29) is 0 Å². The lowest BCUT2D eigenvalue weighted by molar-refractivity contribution is -0.139. The first kappa shape index (κ1) is 16.0. The van der Waals surface area contributed by atoms with E-state index in [0.29, 0.717) is 17.4 Å². The minimum atomic E-state index is 0.318. The lowest BCUT2D eigenvalue weighted by Gasteiger charge is -2.45. The zero-order chi connectivity index (χ0) is 15.6. The van der Waals surface area contributed by atoms with Crippen molar-refractivity contribution >= 4 is 5.91 Å². The Labute approximate surface area is 135 Å². The van der Waals surface area contributed by atoms with Crippen LogP contribution in [0.2, 0.25) is 0 Å². The maximum absolute atomic E-state index is 12.8. The van der Waals surface area contributed by atoms with Crippen LogP contribution >= 0.6 is 0 Å². The zero-order valence-electron chi connectivity index (χ0n) is 14.2. The van der Waals surface area contributed by atoms with Crippen LogP contribution in [0, 0.1) is 11.8 Å². The van der Waals surface area contributed by atoms with E-state index in [0.717, 1.165) is 51.2 Å². The van der Waals surface area contributed by atoms with Gasteiger partial charge in [-0.1, -0.05) is 13.0 Å². The van der Waals surface area contributed by atoms with E-state index in [4.69, 9.17) is 0 Å². The van der Waals surface area contributed by atoms with E-state index in [1.165, 1.54) is 32.2 Å². The number of nitrogens with zero attached hydrogens (tertiary/aromatic N) is 2. The molecule has 0 aromatic heterocycles. The average molecular weight is 304 g/mol. The molecule has 0 aromatic rings. The van der Waals surface area contributed by atoms with Crippen molar-refractivity contribution < 1.29 is 4.79 Å². The van der Waals surface area contributed by atoms with Gasteiger partial charge in [0, 0.05) is 31.1 Å². The first-order valence-corrected chi connectivity index (χ1v) is 9.29. The molecule has 3 rings (SSSR count). The fourth-order valence-corrected chi connectivity index (χ4v) is 4.91. The summed E-state index contributed by atoms with van der Waals surface area (Å²) in [4.78, 5) is 17.6. The predicted octanol–water partition coefficient (Wildman–Crippen LogP) is 3.46. The molecule has 1 amide bonds. The molecule has 0 aromatic carbocycles. The van der Waals surface area contributed by atoms with Crippen molar-refractivity contribution in [1.82, 2.24) is 9.80 Å². The summed E-state index contributed by atoms with van der Waals surface area (Å²) < 4.78 is 0. The van der Waals surface area contributed by atoms with Gasteiger partial charge in [-0.3, -0.25) is 9.69 Å². The maximum Gasteiger partial charge on any atom is 0.225 e. The molecule has 0 bridgehead atoms. The van der Waals surface area contributed by atoms with Crippen LogP contribution in [0.25, 0.3) is 0 Å². The number of piperidine rings is 1. The number of hydrogen-bond donors (Lipinski definition) is 0. The third-order valence-corrected chi connectivity index (χ3v) is 6.46.